The third kappa shape index (κ3) is 9.83. The van der Waals surface area contributed by atoms with Gasteiger partial charge in [-0.05, 0) is 6.42 Å². The van der Waals surface area contributed by atoms with Gasteiger partial charge in [0.1, 0.15) is 0 Å². The van der Waals surface area contributed by atoms with Crippen molar-refractivity contribution in [1.82, 2.24) is 4.72 Å². The van der Waals surface area contributed by atoms with Gasteiger partial charge in [-0.2, -0.15) is 0 Å². The van der Waals surface area contributed by atoms with E-state index in [2.05, 4.69) is 4.72 Å². The van der Waals surface area contributed by atoms with Gasteiger partial charge in [-0.15, -0.1) is 0 Å². The van der Waals surface area contributed by atoms with Crippen molar-refractivity contribution < 1.29 is 18.3 Å². The lowest BCUT2D eigenvalue weighted by Gasteiger charge is -2.02. The highest BCUT2D eigenvalue weighted by molar-refractivity contribution is 7.88. The Hall–Kier alpha value is -0.170. The summed E-state index contributed by atoms with van der Waals surface area (Å²) >= 11 is 0. The van der Waals surface area contributed by atoms with Crippen molar-refractivity contribution in [1.29, 1.82) is 0 Å². The van der Waals surface area contributed by atoms with Crippen molar-refractivity contribution >= 4 is 10.0 Å². The van der Waals surface area contributed by atoms with Crippen LogP contribution in [-0.4, -0.2) is 46.1 Å². The summed E-state index contributed by atoms with van der Waals surface area (Å²) in [5.41, 5.74) is 0. The number of aliphatic hydroxyl groups is 1. The Balaban J connectivity index is 3.12. The lowest BCUT2D eigenvalue weighted by molar-refractivity contribution is 0.0913. The Bertz CT molecular complexity index is 190. The van der Waals surface area contributed by atoms with Gasteiger partial charge < -0.3 is 9.84 Å². The topological polar surface area (TPSA) is 75.6 Å². The number of aliphatic hydroxyl groups excluding tert-OH is 1. The highest BCUT2D eigenvalue weighted by Gasteiger charge is 1.97. The Kier molecular flexibility index (Phi) is 6.27. The van der Waals surface area contributed by atoms with Crippen LogP contribution in [0.1, 0.15) is 6.42 Å². The highest BCUT2D eigenvalue weighted by Crippen LogP contribution is 1.82. The Labute approximate surface area is 72.8 Å². The molecule has 0 aliphatic rings. The van der Waals surface area contributed by atoms with Crippen LogP contribution in [-0.2, 0) is 14.8 Å². The van der Waals surface area contributed by atoms with E-state index in [0.29, 0.717) is 26.2 Å². The summed E-state index contributed by atoms with van der Waals surface area (Å²) in [4.78, 5) is 0. The van der Waals surface area contributed by atoms with Gasteiger partial charge in [0.05, 0.1) is 19.5 Å². The van der Waals surface area contributed by atoms with Crippen LogP contribution in [0.15, 0.2) is 0 Å². The molecular formula is C6H15NO4S. The van der Waals surface area contributed by atoms with Gasteiger partial charge >= 0.3 is 0 Å². The predicted molar refractivity (Wildman–Crippen MR) is 45.4 cm³/mol. The zero-order chi connectivity index (χ0) is 9.45. The van der Waals surface area contributed by atoms with Crippen molar-refractivity contribution in [3.05, 3.63) is 0 Å². The van der Waals surface area contributed by atoms with E-state index in [-0.39, 0.29) is 6.61 Å². The largest absolute Gasteiger partial charge is 0.394 e. The first kappa shape index (κ1) is 11.8. The minimum absolute atomic E-state index is 0.000491. The molecule has 0 saturated carbocycles. The molecule has 0 aliphatic heterocycles. The highest BCUT2D eigenvalue weighted by atomic mass is 32.2. The van der Waals surface area contributed by atoms with Gasteiger partial charge in [0.15, 0.2) is 0 Å². The second-order valence-corrected chi connectivity index (χ2v) is 4.19. The number of rotatable bonds is 7. The van der Waals surface area contributed by atoms with Crippen molar-refractivity contribution in [3.8, 4) is 0 Å². The minimum Gasteiger partial charge on any atom is -0.394 e. The first-order valence-corrected chi connectivity index (χ1v) is 5.58. The van der Waals surface area contributed by atoms with Crippen LogP contribution in [0.5, 0.6) is 0 Å². The summed E-state index contributed by atoms with van der Waals surface area (Å²) in [5, 5.41) is 8.32. The number of ether oxygens (including phenoxy) is 1. The van der Waals surface area contributed by atoms with Gasteiger partial charge in [0.25, 0.3) is 0 Å². The molecule has 0 fully saturated rings. The van der Waals surface area contributed by atoms with Crippen molar-refractivity contribution in [2.45, 2.75) is 6.42 Å². The van der Waals surface area contributed by atoms with E-state index in [1.165, 1.54) is 0 Å². The molecule has 2 N–H and O–H groups in total. The van der Waals surface area contributed by atoms with E-state index < -0.39 is 10.0 Å². The average Bonchev–Trinajstić information content (AvgIpc) is 1.94. The normalized spacial score (nSPS) is 11.8. The zero-order valence-corrected chi connectivity index (χ0v) is 7.93. The fourth-order valence-electron chi connectivity index (χ4n) is 0.598. The van der Waals surface area contributed by atoms with E-state index in [1.54, 1.807) is 0 Å². The van der Waals surface area contributed by atoms with Crippen LogP contribution in [0.3, 0.4) is 0 Å². The standard InChI is InChI=1S/C6H15NO4S/c1-12(9,10)7-3-2-5-11-6-4-8/h7-8H,2-6H2,1H3. The number of nitrogens with one attached hydrogen (secondary N) is 1. The fourth-order valence-corrected chi connectivity index (χ4v) is 1.11. The smallest absolute Gasteiger partial charge is 0.208 e. The zero-order valence-electron chi connectivity index (χ0n) is 7.12. The summed E-state index contributed by atoms with van der Waals surface area (Å²) < 4.78 is 28.3. The van der Waals surface area contributed by atoms with Gasteiger partial charge in [0, 0.05) is 13.2 Å². The molecule has 0 saturated heterocycles. The summed E-state index contributed by atoms with van der Waals surface area (Å²) in [6.45, 7) is 1.14. The maximum absolute atomic E-state index is 10.5. The van der Waals surface area contributed by atoms with Gasteiger partial charge in [-0.1, -0.05) is 0 Å². The second-order valence-electron chi connectivity index (χ2n) is 2.36. The number of hydrogen-bond acceptors (Lipinski definition) is 4. The lowest BCUT2D eigenvalue weighted by atomic mass is 10.5. The van der Waals surface area contributed by atoms with Crippen LogP contribution in [0, 0.1) is 0 Å². The lowest BCUT2D eigenvalue weighted by Crippen LogP contribution is -2.23. The summed E-state index contributed by atoms with van der Waals surface area (Å²) in [6.07, 6.45) is 1.73. The molecule has 74 valence electrons. The monoisotopic (exact) mass is 197 g/mol. The molecule has 0 aromatic rings. The first-order chi connectivity index (χ1) is 5.56. The van der Waals surface area contributed by atoms with Gasteiger partial charge in [0.2, 0.25) is 10.0 Å². The van der Waals surface area contributed by atoms with Crippen LogP contribution in [0.4, 0.5) is 0 Å². The molecule has 0 radical (unpaired) electrons. The number of sulfonamides is 1. The molecule has 0 aromatic carbocycles. The van der Waals surface area contributed by atoms with E-state index in [1.807, 2.05) is 0 Å². The third-order valence-corrected chi connectivity index (χ3v) is 1.79. The van der Waals surface area contributed by atoms with Crippen molar-refractivity contribution in [3.63, 3.8) is 0 Å². The molecule has 0 amide bonds. The Morgan fingerprint density at radius 1 is 1.42 bits per heavy atom. The summed E-state index contributed by atoms with van der Waals surface area (Å²) in [6, 6.07) is 0. The van der Waals surface area contributed by atoms with E-state index >= 15 is 0 Å². The van der Waals surface area contributed by atoms with Crippen LogP contribution in [0.2, 0.25) is 0 Å². The predicted octanol–water partition coefficient (Wildman–Crippen LogP) is -1.07. The second kappa shape index (κ2) is 6.36. The maximum atomic E-state index is 10.5. The molecular weight excluding hydrogens is 182 g/mol. The molecule has 5 nitrogen and oxygen atoms in total. The molecule has 0 aromatic heterocycles. The molecule has 0 spiro atoms. The van der Waals surface area contributed by atoms with E-state index in [0.717, 1.165) is 6.26 Å². The van der Waals surface area contributed by atoms with Crippen LogP contribution < -0.4 is 4.72 Å². The van der Waals surface area contributed by atoms with Crippen LogP contribution in [0.25, 0.3) is 0 Å². The quantitative estimate of drug-likeness (QED) is 0.510. The summed E-state index contributed by atoms with van der Waals surface area (Å²) in [7, 11) is -3.07. The fraction of sp³-hybridized carbons (Fsp3) is 1.00. The molecule has 0 unspecified atom stereocenters. The number of hydrogen-bond donors (Lipinski definition) is 2. The van der Waals surface area contributed by atoms with Crippen LogP contribution >= 0.6 is 0 Å². The van der Waals surface area contributed by atoms with Gasteiger partial charge in [-0.25, -0.2) is 13.1 Å². The van der Waals surface area contributed by atoms with Gasteiger partial charge in [-0.3, -0.25) is 0 Å². The Morgan fingerprint density at radius 2 is 2.08 bits per heavy atom. The SMILES string of the molecule is CS(=O)(=O)NCCCOCCO. The first-order valence-electron chi connectivity index (χ1n) is 3.69. The molecule has 12 heavy (non-hydrogen) atoms. The molecule has 0 atom stereocenters. The minimum atomic E-state index is -3.07. The molecule has 0 heterocycles. The van der Waals surface area contributed by atoms with Crippen molar-refractivity contribution in [2.75, 3.05) is 32.6 Å². The Morgan fingerprint density at radius 3 is 2.58 bits per heavy atom. The molecule has 0 aliphatic carbocycles. The average molecular weight is 197 g/mol. The third-order valence-electron chi connectivity index (χ3n) is 1.07. The van der Waals surface area contributed by atoms with E-state index in [9.17, 15) is 8.42 Å². The van der Waals surface area contributed by atoms with E-state index in [4.69, 9.17) is 9.84 Å². The molecule has 0 rings (SSSR count). The molecule has 6 heteroatoms. The van der Waals surface area contributed by atoms with Crippen molar-refractivity contribution in [2.24, 2.45) is 0 Å². The maximum Gasteiger partial charge on any atom is 0.208 e. The molecule has 0 bridgehead atoms. The summed E-state index contributed by atoms with van der Waals surface area (Å²) in [5.74, 6) is 0.